The van der Waals surface area contributed by atoms with Gasteiger partial charge in [0, 0.05) is 4.47 Å². The molecule has 2 aromatic carbocycles. The first-order chi connectivity index (χ1) is 9.49. The molecule has 2 aromatic rings. The van der Waals surface area contributed by atoms with Crippen LogP contribution in [0.5, 0.6) is 5.75 Å². The molecule has 0 heterocycles. The van der Waals surface area contributed by atoms with Crippen molar-refractivity contribution in [3.63, 3.8) is 0 Å². The molecule has 0 unspecified atom stereocenters. The lowest BCUT2D eigenvalue weighted by Gasteiger charge is -2.12. The van der Waals surface area contributed by atoms with Crippen LogP contribution in [-0.2, 0) is 6.61 Å². The number of benzene rings is 2. The molecule has 104 valence electrons. The van der Waals surface area contributed by atoms with Crippen LogP contribution in [0.25, 0.3) is 0 Å². The van der Waals surface area contributed by atoms with Gasteiger partial charge in [-0.1, -0.05) is 28.1 Å². The molecule has 1 N–H and O–H groups in total. The standard InChI is InChI=1S/C16H15BrO3/c1-10-11(2)15(8-7-14(10)17)20-9-12-3-5-13(6-4-12)16(18)19/h3-8H,9H2,1-2H3,(H,18,19). The Balaban J connectivity index is 2.09. The molecular weight excluding hydrogens is 320 g/mol. The number of rotatable bonds is 4. The fraction of sp³-hybridized carbons (Fsp3) is 0.188. The van der Waals surface area contributed by atoms with Gasteiger partial charge in [-0.25, -0.2) is 4.79 Å². The van der Waals surface area contributed by atoms with Crippen molar-refractivity contribution >= 4 is 21.9 Å². The normalized spacial score (nSPS) is 10.3. The van der Waals surface area contributed by atoms with Crippen LogP contribution in [0.15, 0.2) is 40.9 Å². The van der Waals surface area contributed by atoms with Crippen LogP contribution >= 0.6 is 15.9 Å². The maximum Gasteiger partial charge on any atom is 0.335 e. The highest BCUT2D eigenvalue weighted by molar-refractivity contribution is 9.10. The predicted molar refractivity (Wildman–Crippen MR) is 81.3 cm³/mol. The minimum atomic E-state index is -0.920. The number of carbonyl (C=O) groups is 1. The van der Waals surface area contributed by atoms with Crippen molar-refractivity contribution < 1.29 is 14.6 Å². The second kappa shape index (κ2) is 6.09. The lowest BCUT2D eigenvalue weighted by atomic mass is 10.1. The summed E-state index contributed by atoms with van der Waals surface area (Å²) in [5, 5.41) is 8.84. The van der Waals surface area contributed by atoms with Crippen LogP contribution in [0.1, 0.15) is 27.0 Å². The Bertz CT molecular complexity index is 633. The highest BCUT2D eigenvalue weighted by Crippen LogP contribution is 2.28. The molecule has 0 aliphatic rings. The molecule has 4 heteroatoms. The molecule has 0 aromatic heterocycles. The topological polar surface area (TPSA) is 46.5 Å². The second-order valence-corrected chi connectivity index (χ2v) is 5.44. The summed E-state index contributed by atoms with van der Waals surface area (Å²) < 4.78 is 6.85. The zero-order valence-corrected chi connectivity index (χ0v) is 12.9. The van der Waals surface area contributed by atoms with Gasteiger partial charge in [0.05, 0.1) is 5.56 Å². The van der Waals surface area contributed by atoms with E-state index in [-0.39, 0.29) is 5.56 Å². The van der Waals surface area contributed by atoms with Gasteiger partial charge in [0.1, 0.15) is 12.4 Å². The van der Waals surface area contributed by atoms with Gasteiger partial charge in [-0.2, -0.15) is 0 Å². The van der Waals surface area contributed by atoms with Crippen molar-refractivity contribution in [2.75, 3.05) is 0 Å². The Hall–Kier alpha value is -1.81. The third-order valence-corrected chi connectivity index (χ3v) is 4.13. The maximum absolute atomic E-state index is 10.8. The summed E-state index contributed by atoms with van der Waals surface area (Å²) in [5.41, 5.74) is 3.48. The third-order valence-electron chi connectivity index (χ3n) is 3.27. The smallest absolute Gasteiger partial charge is 0.335 e. The number of carboxylic acids is 1. The minimum Gasteiger partial charge on any atom is -0.489 e. The van der Waals surface area contributed by atoms with Crippen molar-refractivity contribution in [1.29, 1.82) is 0 Å². The van der Waals surface area contributed by atoms with Crippen LogP contribution in [0.2, 0.25) is 0 Å². The van der Waals surface area contributed by atoms with Crippen LogP contribution < -0.4 is 4.74 Å². The first kappa shape index (κ1) is 14.6. The van der Waals surface area contributed by atoms with Gasteiger partial charge in [0.2, 0.25) is 0 Å². The summed E-state index contributed by atoms with van der Waals surface area (Å²) >= 11 is 3.49. The van der Waals surface area contributed by atoms with E-state index in [0.29, 0.717) is 6.61 Å². The lowest BCUT2D eigenvalue weighted by molar-refractivity contribution is 0.0697. The van der Waals surface area contributed by atoms with E-state index in [1.807, 2.05) is 26.0 Å². The second-order valence-electron chi connectivity index (χ2n) is 4.59. The number of hydrogen-bond donors (Lipinski definition) is 1. The summed E-state index contributed by atoms with van der Waals surface area (Å²) in [6, 6.07) is 10.6. The summed E-state index contributed by atoms with van der Waals surface area (Å²) in [6.07, 6.45) is 0. The van der Waals surface area contributed by atoms with E-state index in [0.717, 1.165) is 26.9 Å². The molecule has 0 saturated carbocycles. The van der Waals surface area contributed by atoms with E-state index >= 15 is 0 Å². The Labute approximate surface area is 126 Å². The molecule has 0 amide bonds. The number of ether oxygens (including phenoxy) is 1. The fourth-order valence-corrected chi connectivity index (χ4v) is 2.25. The number of halogens is 1. The predicted octanol–water partition coefficient (Wildman–Crippen LogP) is 4.34. The lowest BCUT2D eigenvalue weighted by Crippen LogP contribution is -2.00. The Kier molecular flexibility index (Phi) is 4.45. The zero-order chi connectivity index (χ0) is 14.7. The van der Waals surface area contributed by atoms with Gasteiger partial charge in [-0.15, -0.1) is 0 Å². The zero-order valence-electron chi connectivity index (χ0n) is 11.3. The van der Waals surface area contributed by atoms with Gasteiger partial charge in [0.15, 0.2) is 0 Å². The molecule has 0 saturated heterocycles. The molecule has 0 atom stereocenters. The average molecular weight is 335 g/mol. The summed E-state index contributed by atoms with van der Waals surface area (Å²) in [6.45, 7) is 4.47. The quantitative estimate of drug-likeness (QED) is 0.904. The minimum absolute atomic E-state index is 0.282. The van der Waals surface area contributed by atoms with Crippen LogP contribution in [0.3, 0.4) is 0 Å². The third kappa shape index (κ3) is 3.20. The van der Waals surface area contributed by atoms with Crippen LogP contribution in [0, 0.1) is 13.8 Å². The highest BCUT2D eigenvalue weighted by Gasteiger charge is 2.06. The van der Waals surface area contributed by atoms with Crippen LogP contribution in [-0.4, -0.2) is 11.1 Å². The number of aromatic carboxylic acids is 1. The maximum atomic E-state index is 10.8. The average Bonchev–Trinajstić information content (AvgIpc) is 2.44. The van der Waals surface area contributed by atoms with E-state index in [4.69, 9.17) is 9.84 Å². The summed E-state index contributed by atoms with van der Waals surface area (Å²) in [7, 11) is 0. The van der Waals surface area contributed by atoms with Gasteiger partial charge in [-0.05, 0) is 54.8 Å². The molecule has 2 rings (SSSR count). The van der Waals surface area contributed by atoms with Gasteiger partial charge in [0.25, 0.3) is 0 Å². The SMILES string of the molecule is Cc1c(Br)ccc(OCc2ccc(C(=O)O)cc2)c1C. The summed E-state index contributed by atoms with van der Waals surface area (Å²) in [4.78, 5) is 10.8. The summed E-state index contributed by atoms with van der Waals surface area (Å²) in [5.74, 6) is -0.0788. The number of hydrogen-bond acceptors (Lipinski definition) is 2. The highest BCUT2D eigenvalue weighted by atomic mass is 79.9. The Morgan fingerprint density at radius 1 is 1.10 bits per heavy atom. The molecule has 0 fully saturated rings. The fourth-order valence-electron chi connectivity index (χ4n) is 1.82. The molecule has 0 radical (unpaired) electrons. The molecule has 20 heavy (non-hydrogen) atoms. The van der Waals surface area contributed by atoms with Gasteiger partial charge in [-0.3, -0.25) is 0 Å². The van der Waals surface area contributed by atoms with Crippen LogP contribution in [0.4, 0.5) is 0 Å². The molecule has 0 bridgehead atoms. The first-order valence-corrected chi connectivity index (χ1v) is 6.99. The van der Waals surface area contributed by atoms with Crippen molar-refractivity contribution in [2.45, 2.75) is 20.5 Å². The van der Waals surface area contributed by atoms with E-state index in [2.05, 4.69) is 15.9 Å². The van der Waals surface area contributed by atoms with Gasteiger partial charge >= 0.3 is 5.97 Å². The molecule has 0 spiro atoms. The molecule has 0 aliphatic heterocycles. The van der Waals surface area contributed by atoms with Crippen molar-refractivity contribution in [3.05, 3.63) is 63.1 Å². The van der Waals surface area contributed by atoms with E-state index in [1.54, 1.807) is 24.3 Å². The largest absolute Gasteiger partial charge is 0.489 e. The number of carboxylic acid groups (broad SMARTS) is 1. The Morgan fingerprint density at radius 2 is 1.75 bits per heavy atom. The van der Waals surface area contributed by atoms with E-state index < -0.39 is 5.97 Å². The monoisotopic (exact) mass is 334 g/mol. The van der Waals surface area contributed by atoms with E-state index in [9.17, 15) is 4.79 Å². The van der Waals surface area contributed by atoms with Crippen molar-refractivity contribution in [3.8, 4) is 5.75 Å². The van der Waals surface area contributed by atoms with Crippen molar-refractivity contribution in [2.24, 2.45) is 0 Å². The van der Waals surface area contributed by atoms with Gasteiger partial charge < -0.3 is 9.84 Å². The Morgan fingerprint density at radius 3 is 2.35 bits per heavy atom. The van der Waals surface area contributed by atoms with Crippen molar-refractivity contribution in [1.82, 2.24) is 0 Å². The van der Waals surface area contributed by atoms with E-state index in [1.165, 1.54) is 0 Å². The molecule has 3 nitrogen and oxygen atoms in total. The molecule has 0 aliphatic carbocycles. The first-order valence-electron chi connectivity index (χ1n) is 6.20. The molecular formula is C16H15BrO3.